The number of ether oxygens (including phenoxy) is 1. The number of anilines is 1. The van der Waals surface area contributed by atoms with E-state index in [0.717, 1.165) is 5.56 Å². The van der Waals surface area contributed by atoms with Crippen LogP contribution in [0.1, 0.15) is 40.0 Å². The van der Waals surface area contributed by atoms with E-state index in [1.165, 1.54) is 35.2 Å². The van der Waals surface area contributed by atoms with Crippen LogP contribution in [0.15, 0.2) is 72.3 Å². The Labute approximate surface area is 212 Å². The lowest BCUT2D eigenvalue weighted by atomic mass is 9.94. The van der Waals surface area contributed by atoms with Gasteiger partial charge in [-0.15, -0.1) is 0 Å². The number of hydrogen-bond donors (Lipinski definition) is 1. The molecule has 8 heteroatoms. The van der Waals surface area contributed by atoms with E-state index in [0.29, 0.717) is 21.8 Å². The SMILES string of the molecule is CCOC(=O)c1ccc(N2C(=O)C(=O)/C(=C(\O)c3ccc(Cl)c(Cl)c3)C2c2cccc(C)c2)cc1. The van der Waals surface area contributed by atoms with Gasteiger partial charge in [0.1, 0.15) is 5.76 Å². The maximum absolute atomic E-state index is 13.3. The highest BCUT2D eigenvalue weighted by Crippen LogP contribution is 2.42. The number of nitrogens with zero attached hydrogens (tertiary/aromatic N) is 1. The van der Waals surface area contributed by atoms with E-state index < -0.39 is 23.7 Å². The first-order chi connectivity index (χ1) is 16.7. The molecule has 0 aromatic heterocycles. The van der Waals surface area contributed by atoms with Crippen molar-refractivity contribution in [3.8, 4) is 0 Å². The van der Waals surface area contributed by atoms with E-state index in [-0.39, 0.29) is 28.5 Å². The Balaban J connectivity index is 1.88. The van der Waals surface area contributed by atoms with Gasteiger partial charge in [0.2, 0.25) is 0 Å². The number of ketones is 1. The van der Waals surface area contributed by atoms with Crippen LogP contribution in [0.25, 0.3) is 5.76 Å². The summed E-state index contributed by atoms with van der Waals surface area (Å²) in [5.74, 6) is -2.49. The zero-order chi connectivity index (χ0) is 25.3. The Morgan fingerprint density at radius 2 is 1.66 bits per heavy atom. The summed E-state index contributed by atoms with van der Waals surface area (Å²) in [5, 5.41) is 11.7. The van der Waals surface area contributed by atoms with Gasteiger partial charge in [0.05, 0.1) is 33.8 Å². The number of Topliss-reactive ketones (excluding diaryl/α,β-unsaturated/α-hetero) is 1. The third-order valence-electron chi connectivity index (χ3n) is 5.65. The molecule has 1 aliphatic rings. The normalized spacial score (nSPS) is 17.0. The average Bonchev–Trinajstić information content (AvgIpc) is 3.11. The second kappa shape index (κ2) is 9.94. The Kier molecular flexibility index (Phi) is 6.96. The van der Waals surface area contributed by atoms with Crippen molar-refractivity contribution in [2.45, 2.75) is 19.9 Å². The summed E-state index contributed by atoms with van der Waals surface area (Å²) in [5.41, 5.74) is 2.44. The average molecular weight is 510 g/mol. The van der Waals surface area contributed by atoms with E-state index in [9.17, 15) is 19.5 Å². The van der Waals surface area contributed by atoms with E-state index in [4.69, 9.17) is 27.9 Å². The molecule has 3 aromatic rings. The number of rotatable bonds is 5. The second-order valence-electron chi connectivity index (χ2n) is 7.98. The standard InChI is InChI=1S/C27H21Cl2NO5/c1-3-35-27(34)16-7-10-19(11-8-16)30-23(17-6-4-5-15(2)13-17)22(25(32)26(30)33)24(31)18-9-12-20(28)21(29)14-18/h4-14,23,31H,3H2,1-2H3/b24-22-. The van der Waals surface area contributed by atoms with Crippen LogP contribution >= 0.6 is 23.2 Å². The summed E-state index contributed by atoms with van der Waals surface area (Å²) in [6, 6.07) is 17.1. The van der Waals surface area contributed by atoms with E-state index in [1.54, 1.807) is 25.1 Å². The topological polar surface area (TPSA) is 83.9 Å². The highest BCUT2D eigenvalue weighted by Gasteiger charge is 2.47. The van der Waals surface area contributed by atoms with Gasteiger partial charge in [-0.1, -0.05) is 53.0 Å². The molecule has 0 aliphatic carbocycles. The van der Waals surface area contributed by atoms with Gasteiger partial charge in [-0.3, -0.25) is 14.5 Å². The molecule has 3 aromatic carbocycles. The van der Waals surface area contributed by atoms with Gasteiger partial charge in [-0.2, -0.15) is 0 Å². The van der Waals surface area contributed by atoms with E-state index in [1.807, 2.05) is 25.1 Å². The van der Waals surface area contributed by atoms with Crippen molar-refractivity contribution in [1.29, 1.82) is 0 Å². The molecule has 1 fully saturated rings. The van der Waals surface area contributed by atoms with E-state index >= 15 is 0 Å². The zero-order valence-electron chi connectivity index (χ0n) is 18.9. The lowest BCUT2D eigenvalue weighted by Crippen LogP contribution is -2.29. The number of hydrogen-bond acceptors (Lipinski definition) is 5. The molecule has 0 saturated carbocycles. The number of amides is 1. The molecular weight excluding hydrogens is 489 g/mol. The first kappa shape index (κ1) is 24.5. The molecule has 1 heterocycles. The minimum Gasteiger partial charge on any atom is -0.507 e. The number of aryl methyl sites for hydroxylation is 1. The van der Waals surface area contributed by atoms with Crippen LogP contribution in [0.5, 0.6) is 0 Å². The van der Waals surface area contributed by atoms with Gasteiger partial charge in [0.15, 0.2) is 0 Å². The smallest absolute Gasteiger partial charge is 0.338 e. The molecule has 1 amide bonds. The Morgan fingerprint density at radius 3 is 2.29 bits per heavy atom. The maximum atomic E-state index is 13.3. The largest absolute Gasteiger partial charge is 0.507 e. The zero-order valence-corrected chi connectivity index (χ0v) is 20.4. The van der Waals surface area contributed by atoms with Crippen LogP contribution in [-0.4, -0.2) is 29.4 Å². The fourth-order valence-corrected chi connectivity index (χ4v) is 4.32. The van der Waals surface area contributed by atoms with Crippen LogP contribution in [0, 0.1) is 6.92 Å². The first-order valence-corrected chi connectivity index (χ1v) is 11.6. The van der Waals surface area contributed by atoms with Gasteiger partial charge >= 0.3 is 5.97 Å². The van der Waals surface area contributed by atoms with Gasteiger partial charge in [0.25, 0.3) is 11.7 Å². The summed E-state index contributed by atoms with van der Waals surface area (Å²) in [7, 11) is 0. The molecule has 178 valence electrons. The molecule has 6 nitrogen and oxygen atoms in total. The molecule has 4 rings (SSSR count). The maximum Gasteiger partial charge on any atom is 0.338 e. The molecule has 35 heavy (non-hydrogen) atoms. The van der Waals surface area contributed by atoms with Crippen LogP contribution in [0.2, 0.25) is 10.0 Å². The van der Waals surface area contributed by atoms with Crippen LogP contribution in [0.4, 0.5) is 5.69 Å². The van der Waals surface area contributed by atoms with E-state index in [2.05, 4.69) is 0 Å². The summed E-state index contributed by atoms with van der Waals surface area (Å²) in [4.78, 5) is 39.9. The number of aliphatic hydroxyl groups excluding tert-OH is 1. The number of aliphatic hydroxyl groups is 1. The van der Waals surface area contributed by atoms with Gasteiger partial charge < -0.3 is 9.84 Å². The molecule has 1 unspecified atom stereocenters. The lowest BCUT2D eigenvalue weighted by Gasteiger charge is -2.26. The van der Waals surface area contributed by atoms with Crippen LogP contribution < -0.4 is 4.90 Å². The molecule has 1 atom stereocenters. The molecule has 1 N–H and O–H groups in total. The number of benzene rings is 3. The Bertz CT molecular complexity index is 1360. The summed E-state index contributed by atoms with van der Waals surface area (Å²) >= 11 is 12.1. The van der Waals surface area contributed by atoms with Gasteiger partial charge in [0, 0.05) is 11.3 Å². The van der Waals surface area contributed by atoms with Crippen molar-refractivity contribution < 1.29 is 24.2 Å². The summed E-state index contributed by atoms with van der Waals surface area (Å²) in [6.07, 6.45) is 0. The van der Waals surface area contributed by atoms with Crippen molar-refractivity contribution in [3.05, 3.63) is 105 Å². The van der Waals surface area contributed by atoms with Crippen molar-refractivity contribution >= 4 is 52.3 Å². The molecule has 1 aliphatic heterocycles. The second-order valence-corrected chi connectivity index (χ2v) is 8.79. The molecule has 0 spiro atoms. The third kappa shape index (κ3) is 4.67. The number of carbonyl (C=O) groups excluding carboxylic acids is 3. The molecule has 0 bridgehead atoms. The minimum atomic E-state index is -0.905. The fourth-order valence-electron chi connectivity index (χ4n) is 4.03. The van der Waals surface area contributed by atoms with Gasteiger partial charge in [-0.25, -0.2) is 4.79 Å². The van der Waals surface area contributed by atoms with Crippen molar-refractivity contribution in [3.63, 3.8) is 0 Å². The Morgan fingerprint density at radius 1 is 0.971 bits per heavy atom. The third-order valence-corrected chi connectivity index (χ3v) is 6.39. The predicted molar refractivity (Wildman–Crippen MR) is 135 cm³/mol. The monoisotopic (exact) mass is 509 g/mol. The summed E-state index contributed by atoms with van der Waals surface area (Å²) < 4.78 is 5.02. The molecule has 1 saturated heterocycles. The molecular formula is C27H21Cl2NO5. The van der Waals surface area contributed by atoms with Crippen molar-refractivity contribution in [2.24, 2.45) is 0 Å². The summed E-state index contributed by atoms with van der Waals surface area (Å²) in [6.45, 7) is 3.83. The van der Waals surface area contributed by atoms with Gasteiger partial charge in [-0.05, 0) is 61.9 Å². The quantitative estimate of drug-likeness (QED) is 0.194. The predicted octanol–water partition coefficient (Wildman–Crippen LogP) is 6.10. The first-order valence-electron chi connectivity index (χ1n) is 10.8. The highest BCUT2D eigenvalue weighted by atomic mass is 35.5. The Hall–Kier alpha value is -3.61. The van der Waals surface area contributed by atoms with Crippen LogP contribution in [-0.2, 0) is 14.3 Å². The number of halogens is 2. The number of carbonyl (C=O) groups is 3. The van der Waals surface area contributed by atoms with Crippen molar-refractivity contribution in [2.75, 3.05) is 11.5 Å². The fraction of sp³-hybridized carbons (Fsp3) is 0.148. The minimum absolute atomic E-state index is 0.0755. The van der Waals surface area contributed by atoms with Crippen LogP contribution in [0.3, 0.4) is 0 Å². The number of esters is 1. The highest BCUT2D eigenvalue weighted by molar-refractivity contribution is 6.51. The molecule has 0 radical (unpaired) electrons. The lowest BCUT2D eigenvalue weighted by molar-refractivity contribution is -0.132. The van der Waals surface area contributed by atoms with Crippen molar-refractivity contribution in [1.82, 2.24) is 0 Å².